The molecule has 0 aliphatic heterocycles. The zero-order chi connectivity index (χ0) is 13.1. The van der Waals surface area contributed by atoms with Crippen molar-refractivity contribution in [2.24, 2.45) is 0 Å². The molecular formula is C11H10ClN3O3. The van der Waals surface area contributed by atoms with Gasteiger partial charge in [-0.1, -0.05) is 41.9 Å². The molecule has 2 N–H and O–H groups in total. The van der Waals surface area contributed by atoms with E-state index in [4.69, 9.17) is 16.7 Å². The molecule has 0 aliphatic carbocycles. The lowest BCUT2D eigenvalue weighted by Crippen LogP contribution is -2.33. The highest BCUT2D eigenvalue weighted by atomic mass is 35.5. The van der Waals surface area contributed by atoms with Crippen molar-refractivity contribution in [3.05, 3.63) is 56.7 Å². The molecule has 94 valence electrons. The number of aromatic hydroxyl groups is 1. The molecule has 6 nitrogen and oxygen atoms in total. The van der Waals surface area contributed by atoms with E-state index in [0.717, 1.165) is 10.2 Å². The summed E-state index contributed by atoms with van der Waals surface area (Å²) >= 11 is 6.04. The van der Waals surface area contributed by atoms with Crippen LogP contribution in [0.15, 0.2) is 39.9 Å². The maximum Gasteiger partial charge on any atom is 0.346 e. The first-order valence-corrected chi connectivity index (χ1v) is 5.61. The van der Waals surface area contributed by atoms with Crippen LogP contribution in [0.5, 0.6) is 5.88 Å². The molecule has 0 saturated carbocycles. The predicted octanol–water partition coefficient (Wildman–Crippen LogP) is 0.617. The van der Waals surface area contributed by atoms with Crippen molar-refractivity contribution in [3.8, 4) is 5.88 Å². The lowest BCUT2D eigenvalue weighted by atomic mass is 10.1. The van der Waals surface area contributed by atoms with Gasteiger partial charge in [-0.15, -0.1) is 5.10 Å². The van der Waals surface area contributed by atoms with Crippen LogP contribution in [0.2, 0.25) is 0 Å². The second-order valence-corrected chi connectivity index (χ2v) is 4.16. The Balaban J connectivity index is 2.30. The summed E-state index contributed by atoms with van der Waals surface area (Å²) in [6.07, 6.45) is 0.348. The zero-order valence-corrected chi connectivity index (χ0v) is 9.96. The summed E-state index contributed by atoms with van der Waals surface area (Å²) in [4.78, 5) is 24.4. The van der Waals surface area contributed by atoms with Crippen LogP contribution in [-0.2, 0) is 6.42 Å². The number of hydrogen-bond acceptors (Lipinski definition) is 4. The fourth-order valence-electron chi connectivity index (χ4n) is 1.49. The molecule has 7 heteroatoms. The molecule has 1 unspecified atom stereocenters. The first-order valence-electron chi connectivity index (χ1n) is 5.18. The minimum atomic E-state index is -0.931. The Bertz CT molecular complexity index is 651. The lowest BCUT2D eigenvalue weighted by Gasteiger charge is -2.10. The second kappa shape index (κ2) is 5.05. The largest absolute Gasteiger partial charge is 0.488 e. The molecule has 0 bridgehead atoms. The van der Waals surface area contributed by atoms with E-state index in [1.165, 1.54) is 0 Å². The van der Waals surface area contributed by atoms with Gasteiger partial charge in [0.2, 0.25) is 0 Å². The quantitative estimate of drug-likeness (QED) is 0.798. The summed E-state index contributed by atoms with van der Waals surface area (Å²) in [5.74, 6) is -0.784. The number of nitrogens with zero attached hydrogens (tertiary/aromatic N) is 2. The maximum absolute atomic E-state index is 11.5. The molecular weight excluding hydrogens is 258 g/mol. The standard InChI is InChI=1S/C11H10ClN3O3/c12-8(6-7-4-2-1-3-5-7)15-11(18)13-9(16)10(17)14-15/h1-5,8H,6H2,(H,14,17)(H,13,16,18). The van der Waals surface area contributed by atoms with E-state index < -0.39 is 22.6 Å². The van der Waals surface area contributed by atoms with E-state index in [-0.39, 0.29) is 0 Å². The summed E-state index contributed by atoms with van der Waals surface area (Å²) in [5, 5.41) is 12.6. The van der Waals surface area contributed by atoms with Crippen molar-refractivity contribution < 1.29 is 5.11 Å². The Morgan fingerprint density at radius 1 is 1.33 bits per heavy atom. The summed E-state index contributed by atoms with van der Waals surface area (Å²) < 4.78 is 0.839. The molecule has 1 atom stereocenters. The number of rotatable bonds is 3. The number of hydrogen-bond donors (Lipinski definition) is 2. The van der Waals surface area contributed by atoms with Gasteiger partial charge in [0.25, 0.3) is 5.88 Å². The molecule has 1 heterocycles. The average Bonchev–Trinajstić information content (AvgIpc) is 2.35. The third-order valence-electron chi connectivity index (χ3n) is 2.35. The average molecular weight is 268 g/mol. The lowest BCUT2D eigenvalue weighted by molar-refractivity contribution is 0.398. The van der Waals surface area contributed by atoms with E-state index in [9.17, 15) is 9.59 Å². The number of aromatic amines is 1. The van der Waals surface area contributed by atoms with Gasteiger partial charge in [-0.05, 0) is 5.56 Å². The molecule has 1 aromatic heterocycles. The van der Waals surface area contributed by atoms with Gasteiger partial charge in [-0.2, -0.15) is 4.68 Å². The normalized spacial score (nSPS) is 12.3. The van der Waals surface area contributed by atoms with Crippen LogP contribution in [0.25, 0.3) is 0 Å². The Labute approximate surface area is 106 Å². The highest BCUT2D eigenvalue weighted by Gasteiger charge is 2.13. The van der Waals surface area contributed by atoms with Gasteiger partial charge >= 0.3 is 11.2 Å². The monoisotopic (exact) mass is 267 g/mol. The predicted molar refractivity (Wildman–Crippen MR) is 65.8 cm³/mol. The SMILES string of the molecule is O=c1[nH]c(=O)n(C(Cl)Cc2ccccc2)nc1O. The van der Waals surface area contributed by atoms with Gasteiger partial charge < -0.3 is 5.11 Å². The van der Waals surface area contributed by atoms with Crippen LogP contribution < -0.4 is 11.2 Å². The van der Waals surface area contributed by atoms with Gasteiger partial charge in [0, 0.05) is 6.42 Å². The fraction of sp³-hybridized carbons (Fsp3) is 0.182. The summed E-state index contributed by atoms with van der Waals surface area (Å²) in [6, 6.07) is 9.26. The molecule has 0 saturated heterocycles. The molecule has 1 aromatic carbocycles. The highest BCUT2D eigenvalue weighted by molar-refractivity contribution is 6.19. The number of nitrogens with one attached hydrogen (secondary N) is 1. The van der Waals surface area contributed by atoms with Gasteiger partial charge in [-0.3, -0.25) is 9.78 Å². The molecule has 2 rings (SSSR count). The number of aromatic nitrogens is 3. The van der Waals surface area contributed by atoms with Crippen molar-refractivity contribution >= 4 is 11.6 Å². The number of H-pyrrole nitrogens is 1. The van der Waals surface area contributed by atoms with E-state index in [1.807, 2.05) is 35.3 Å². The third-order valence-corrected chi connectivity index (χ3v) is 2.69. The van der Waals surface area contributed by atoms with Crippen molar-refractivity contribution in [1.29, 1.82) is 0 Å². The summed E-state index contributed by atoms with van der Waals surface area (Å²) in [6.45, 7) is 0. The summed E-state index contributed by atoms with van der Waals surface area (Å²) in [7, 11) is 0. The molecule has 18 heavy (non-hydrogen) atoms. The van der Waals surface area contributed by atoms with Crippen LogP contribution in [-0.4, -0.2) is 19.9 Å². The van der Waals surface area contributed by atoms with Gasteiger partial charge in [-0.25, -0.2) is 4.79 Å². The molecule has 0 aliphatic rings. The molecule has 2 aromatic rings. The minimum absolute atomic E-state index is 0.348. The summed E-state index contributed by atoms with van der Waals surface area (Å²) in [5.41, 5.74) is -1.56. The first-order chi connectivity index (χ1) is 8.58. The van der Waals surface area contributed by atoms with Crippen molar-refractivity contribution in [1.82, 2.24) is 14.8 Å². The number of halogens is 1. The Morgan fingerprint density at radius 3 is 2.67 bits per heavy atom. The van der Waals surface area contributed by atoms with Gasteiger partial charge in [0.15, 0.2) is 0 Å². The zero-order valence-electron chi connectivity index (χ0n) is 9.21. The van der Waals surface area contributed by atoms with Crippen molar-refractivity contribution in [3.63, 3.8) is 0 Å². The van der Waals surface area contributed by atoms with Crippen LogP contribution in [0.4, 0.5) is 0 Å². The Kier molecular flexibility index (Phi) is 3.47. The van der Waals surface area contributed by atoms with E-state index >= 15 is 0 Å². The number of benzene rings is 1. The van der Waals surface area contributed by atoms with Crippen LogP contribution >= 0.6 is 11.6 Å². The van der Waals surface area contributed by atoms with Crippen LogP contribution in [0.3, 0.4) is 0 Å². The van der Waals surface area contributed by atoms with E-state index in [1.54, 1.807) is 0 Å². The van der Waals surface area contributed by atoms with E-state index in [0.29, 0.717) is 6.42 Å². The maximum atomic E-state index is 11.5. The van der Waals surface area contributed by atoms with E-state index in [2.05, 4.69) is 5.10 Å². The van der Waals surface area contributed by atoms with Crippen molar-refractivity contribution in [2.45, 2.75) is 11.9 Å². The Morgan fingerprint density at radius 2 is 2.00 bits per heavy atom. The minimum Gasteiger partial charge on any atom is -0.488 e. The smallest absolute Gasteiger partial charge is 0.346 e. The van der Waals surface area contributed by atoms with Crippen LogP contribution in [0, 0.1) is 0 Å². The molecule has 0 spiro atoms. The van der Waals surface area contributed by atoms with Crippen LogP contribution in [0.1, 0.15) is 11.1 Å². The molecule has 0 radical (unpaired) electrons. The van der Waals surface area contributed by atoms with Crippen molar-refractivity contribution in [2.75, 3.05) is 0 Å². The first kappa shape index (κ1) is 12.4. The second-order valence-electron chi connectivity index (χ2n) is 3.65. The third kappa shape index (κ3) is 2.60. The highest BCUT2D eigenvalue weighted by Crippen LogP contribution is 2.15. The topological polar surface area (TPSA) is 88.0 Å². The Hall–Kier alpha value is -2.08. The number of alkyl halides is 1. The fourth-order valence-corrected chi connectivity index (χ4v) is 1.80. The van der Waals surface area contributed by atoms with Gasteiger partial charge in [0.05, 0.1) is 0 Å². The van der Waals surface area contributed by atoms with Gasteiger partial charge in [0.1, 0.15) is 5.50 Å². The molecule has 0 fully saturated rings. The molecule has 0 amide bonds.